The van der Waals surface area contributed by atoms with Crippen LogP contribution in [-0.4, -0.2) is 0 Å². The molecule has 0 bridgehead atoms. The van der Waals surface area contributed by atoms with E-state index in [1.807, 2.05) is 27.7 Å². The van der Waals surface area contributed by atoms with Crippen LogP contribution in [0.3, 0.4) is 0 Å². The molecule has 52 heavy (non-hydrogen) atoms. The monoisotopic (exact) mass is 691 g/mol. The van der Waals surface area contributed by atoms with Gasteiger partial charge in [0, 0.05) is 5.41 Å². The zero-order valence-electron chi connectivity index (χ0n) is 33.4. The van der Waals surface area contributed by atoms with Crippen LogP contribution < -0.4 is 0 Å². The second kappa shape index (κ2) is 19.3. The third kappa shape index (κ3) is 7.46. The van der Waals surface area contributed by atoms with Crippen molar-refractivity contribution in [2.45, 2.75) is 142 Å². The van der Waals surface area contributed by atoms with Crippen molar-refractivity contribution >= 4 is 0 Å². The summed E-state index contributed by atoms with van der Waals surface area (Å²) in [4.78, 5) is 0. The number of hydrogen-bond acceptors (Lipinski definition) is 0. The summed E-state index contributed by atoms with van der Waals surface area (Å²) in [5.41, 5.74) is 14.2. The molecule has 0 saturated heterocycles. The minimum absolute atomic E-state index is 0.0795. The maximum atomic E-state index is 2.69. The Kier molecular flexibility index (Phi) is 14.6. The quantitative estimate of drug-likeness (QED) is 0.0887. The first-order valence-corrected chi connectivity index (χ1v) is 21.3. The second-order valence-corrected chi connectivity index (χ2v) is 14.6. The molecule has 0 atom stereocenters. The Morgan fingerprint density at radius 1 is 0.346 bits per heavy atom. The lowest BCUT2D eigenvalue weighted by Gasteiger charge is -2.35. The van der Waals surface area contributed by atoms with E-state index in [0.717, 1.165) is 0 Å². The Hall–Kier alpha value is -3.90. The molecular formula is C52H66. The summed E-state index contributed by atoms with van der Waals surface area (Å²) < 4.78 is 0. The zero-order chi connectivity index (χ0) is 36.8. The Morgan fingerprint density at radius 3 is 1.25 bits per heavy atom. The molecule has 0 heteroatoms. The van der Waals surface area contributed by atoms with Crippen LogP contribution in [0.25, 0.3) is 22.3 Å². The second-order valence-electron chi connectivity index (χ2n) is 14.6. The van der Waals surface area contributed by atoms with Crippen molar-refractivity contribution in [1.82, 2.24) is 0 Å². The number of fused-ring (bicyclic) bond motifs is 6. The number of benzene rings is 5. The van der Waals surface area contributed by atoms with E-state index >= 15 is 0 Å². The van der Waals surface area contributed by atoms with Crippen LogP contribution >= 0.6 is 0 Å². The summed E-state index contributed by atoms with van der Waals surface area (Å²) in [6.45, 7) is 12.6. The van der Waals surface area contributed by atoms with Gasteiger partial charge in [-0.15, -0.1) is 0 Å². The smallest absolute Gasteiger partial charge is 0.0683 e. The molecule has 274 valence electrons. The Bertz CT molecular complexity index is 1740. The van der Waals surface area contributed by atoms with Crippen LogP contribution in [0.5, 0.6) is 0 Å². The van der Waals surface area contributed by atoms with Gasteiger partial charge in [-0.05, 0) is 80.6 Å². The number of unbranched alkanes of at least 4 members (excludes halogenated alkanes) is 10. The van der Waals surface area contributed by atoms with Gasteiger partial charge in [-0.2, -0.15) is 0 Å². The summed E-state index contributed by atoms with van der Waals surface area (Å²) in [6, 6.07) is 46.7. The van der Waals surface area contributed by atoms with Crippen molar-refractivity contribution in [2.24, 2.45) is 0 Å². The SMILES string of the molecule is CC.CC.CCCCCCCCC1(CCCCCCCC)c2ccccc2-c2cc3c(cc21)-c1ccccc1C3(c1ccccc1)c1ccccc1. The van der Waals surface area contributed by atoms with Gasteiger partial charge in [-0.3, -0.25) is 0 Å². The van der Waals surface area contributed by atoms with Crippen molar-refractivity contribution in [3.63, 3.8) is 0 Å². The number of hydrogen-bond donors (Lipinski definition) is 0. The fourth-order valence-electron chi connectivity index (χ4n) is 9.46. The van der Waals surface area contributed by atoms with Gasteiger partial charge < -0.3 is 0 Å². The predicted octanol–water partition coefficient (Wildman–Crippen LogP) is 15.9. The third-order valence-corrected chi connectivity index (χ3v) is 11.8. The molecule has 0 aromatic heterocycles. The highest BCUT2D eigenvalue weighted by atomic mass is 14.5. The topological polar surface area (TPSA) is 0 Å². The summed E-state index contributed by atoms with van der Waals surface area (Å²) >= 11 is 0. The molecular weight excluding hydrogens is 625 g/mol. The largest absolute Gasteiger partial charge is 0.0713 e. The van der Waals surface area contributed by atoms with Crippen molar-refractivity contribution in [3.8, 4) is 22.3 Å². The molecule has 0 heterocycles. The van der Waals surface area contributed by atoms with Crippen molar-refractivity contribution in [1.29, 1.82) is 0 Å². The summed E-state index contributed by atoms with van der Waals surface area (Å²) in [6.07, 6.45) is 18.6. The van der Waals surface area contributed by atoms with Crippen molar-refractivity contribution in [2.75, 3.05) is 0 Å². The molecule has 2 aliphatic rings. The van der Waals surface area contributed by atoms with E-state index < -0.39 is 0 Å². The van der Waals surface area contributed by atoms with Gasteiger partial charge in [0.05, 0.1) is 5.41 Å². The Morgan fingerprint density at radius 2 is 0.731 bits per heavy atom. The fraction of sp³-hybridized carbons (Fsp3) is 0.423. The van der Waals surface area contributed by atoms with Crippen LogP contribution in [-0.2, 0) is 10.8 Å². The molecule has 0 nitrogen and oxygen atoms in total. The standard InChI is InChI=1S/C48H54.2C2H6/c1-3-5-7-9-11-23-33-47(34-24-12-10-8-6-4-2)43-31-21-19-29-39(43)41-36-46-42(35-45(41)47)40-30-20-22-32-44(40)48(46,37-25-15-13-16-26-37)38-27-17-14-18-28-38;2*1-2/h13-22,25-32,35-36H,3-12,23-24,33-34H2,1-2H3;2*1-2H3. The van der Waals surface area contributed by atoms with E-state index in [2.05, 4.69) is 135 Å². The summed E-state index contributed by atoms with van der Waals surface area (Å²) in [5.74, 6) is 0. The van der Waals surface area contributed by atoms with E-state index in [1.165, 1.54) is 134 Å². The van der Waals surface area contributed by atoms with E-state index in [-0.39, 0.29) is 10.8 Å². The molecule has 0 amide bonds. The average Bonchev–Trinajstić information content (AvgIpc) is 3.66. The maximum absolute atomic E-state index is 2.69. The fourth-order valence-corrected chi connectivity index (χ4v) is 9.46. The zero-order valence-corrected chi connectivity index (χ0v) is 33.4. The third-order valence-electron chi connectivity index (χ3n) is 11.8. The lowest BCUT2D eigenvalue weighted by atomic mass is 9.67. The van der Waals surface area contributed by atoms with Crippen molar-refractivity contribution in [3.05, 3.63) is 155 Å². The highest BCUT2D eigenvalue weighted by molar-refractivity contribution is 5.92. The highest BCUT2D eigenvalue weighted by Crippen LogP contribution is 2.61. The molecule has 0 radical (unpaired) electrons. The summed E-state index contributed by atoms with van der Waals surface area (Å²) in [7, 11) is 0. The van der Waals surface area contributed by atoms with Crippen LogP contribution in [0.15, 0.2) is 121 Å². The molecule has 2 aliphatic carbocycles. The van der Waals surface area contributed by atoms with Gasteiger partial charge in [-0.25, -0.2) is 0 Å². The molecule has 5 aromatic rings. The van der Waals surface area contributed by atoms with Crippen LogP contribution in [0, 0.1) is 0 Å². The van der Waals surface area contributed by atoms with E-state index in [9.17, 15) is 0 Å². The van der Waals surface area contributed by atoms with E-state index in [0.29, 0.717) is 0 Å². The van der Waals surface area contributed by atoms with Gasteiger partial charge in [-0.1, -0.05) is 228 Å². The first kappa shape index (κ1) is 39.3. The molecule has 0 unspecified atom stereocenters. The average molecular weight is 691 g/mol. The van der Waals surface area contributed by atoms with E-state index in [4.69, 9.17) is 0 Å². The number of rotatable bonds is 16. The first-order valence-electron chi connectivity index (χ1n) is 21.3. The van der Waals surface area contributed by atoms with Crippen LogP contribution in [0.2, 0.25) is 0 Å². The lowest BCUT2D eigenvalue weighted by Crippen LogP contribution is -2.29. The van der Waals surface area contributed by atoms with Crippen molar-refractivity contribution < 1.29 is 0 Å². The molecule has 0 spiro atoms. The Balaban J connectivity index is 0.00000126. The Labute approximate surface area is 318 Å². The van der Waals surface area contributed by atoms with Crippen LogP contribution in [0.4, 0.5) is 0 Å². The molecule has 0 saturated carbocycles. The minimum Gasteiger partial charge on any atom is -0.0683 e. The predicted molar refractivity (Wildman–Crippen MR) is 229 cm³/mol. The lowest BCUT2D eigenvalue weighted by molar-refractivity contribution is 0.398. The van der Waals surface area contributed by atoms with Crippen LogP contribution in [0.1, 0.15) is 165 Å². The van der Waals surface area contributed by atoms with Gasteiger partial charge in [0.2, 0.25) is 0 Å². The minimum atomic E-state index is -0.359. The van der Waals surface area contributed by atoms with Gasteiger partial charge >= 0.3 is 0 Å². The first-order chi connectivity index (χ1) is 25.8. The summed E-state index contributed by atoms with van der Waals surface area (Å²) in [5, 5.41) is 0. The molecule has 0 aliphatic heterocycles. The maximum Gasteiger partial charge on any atom is 0.0713 e. The molecule has 7 rings (SSSR count). The highest BCUT2D eigenvalue weighted by Gasteiger charge is 2.49. The molecule has 5 aromatic carbocycles. The molecule has 0 fully saturated rings. The van der Waals surface area contributed by atoms with Gasteiger partial charge in [0.1, 0.15) is 0 Å². The van der Waals surface area contributed by atoms with Gasteiger partial charge in [0.25, 0.3) is 0 Å². The van der Waals surface area contributed by atoms with E-state index in [1.54, 1.807) is 11.1 Å². The van der Waals surface area contributed by atoms with Gasteiger partial charge in [0.15, 0.2) is 0 Å². The normalized spacial score (nSPS) is 13.8. The molecule has 0 N–H and O–H groups in total.